The van der Waals surface area contributed by atoms with Crippen molar-refractivity contribution in [2.24, 2.45) is 11.8 Å². The minimum atomic E-state index is -0.1000. The molecule has 0 saturated heterocycles. The molecule has 0 unspecified atom stereocenters. The molecule has 0 aliphatic rings. The van der Waals surface area contributed by atoms with Gasteiger partial charge in [0.15, 0.2) is 5.78 Å². The molecule has 0 aliphatic carbocycles. The smallest absolute Gasteiger partial charge is 0.227 e. The number of benzene rings is 1. The third-order valence-corrected chi connectivity index (χ3v) is 6.01. The molecule has 0 atom stereocenters. The van der Waals surface area contributed by atoms with Crippen LogP contribution in [0.1, 0.15) is 56.3 Å². The molecule has 0 N–H and O–H groups in total. The lowest BCUT2D eigenvalue weighted by molar-refractivity contribution is -0.130. The molecule has 2 rings (SSSR count). The Kier molecular flexibility index (Phi) is 7.42. The minimum Gasteiger partial charge on any atom is -0.497 e. The van der Waals surface area contributed by atoms with Crippen LogP contribution >= 0.6 is 11.3 Å². The van der Waals surface area contributed by atoms with E-state index in [4.69, 9.17) is 4.74 Å². The average molecular weight is 390 g/mol. The topological polar surface area (TPSA) is 46.6 Å². The van der Waals surface area contributed by atoms with Crippen molar-refractivity contribution in [1.82, 2.24) is 4.90 Å². The number of rotatable bonds is 9. The first-order valence-electron chi connectivity index (χ1n) is 9.69. The van der Waals surface area contributed by atoms with Gasteiger partial charge in [-0.25, -0.2) is 0 Å². The summed E-state index contributed by atoms with van der Waals surface area (Å²) in [5, 5.41) is 0.955. The Balaban J connectivity index is 2.42. The zero-order valence-corrected chi connectivity index (χ0v) is 18.1. The maximum atomic E-state index is 13.0. The first kappa shape index (κ1) is 21.4. The number of amides is 1. The number of Topliss-reactive ketones (excluding diaryl/α,β-unsaturated/α-hetero) is 1. The lowest BCUT2D eigenvalue weighted by Gasteiger charge is -2.22. The summed E-state index contributed by atoms with van der Waals surface area (Å²) < 4.78 is 6.38. The van der Waals surface area contributed by atoms with E-state index >= 15 is 0 Å². The van der Waals surface area contributed by atoms with Crippen molar-refractivity contribution in [3.05, 3.63) is 28.6 Å². The van der Waals surface area contributed by atoms with Gasteiger partial charge in [0.1, 0.15) is 5.75 Å². The number of hydrogen-bond donors (Lipinski definition) is 0. The van der Waals surface area contributed by atoms with Gasteiger partial charge in [0.05, 0.1) is 18.4 Å². The zero-order valence-electron chi connectivity index (χ0n) is 17.3. The molecule has 0 radical (unpaired) electrons. The van der Waals surface area contributed by atoms with Crippen LogP contribution in [0.25, 0.3) is 10.1 Å². The quantitative estimate of drug-likeness (QED) is 0.555. The third kappa shape index (κ3) is 5.10. The normalized spacial score (nSPS) is 11.4. The highest BCUT2D eigenvalue weighted by Crippen LogP contribution is 2.36. The van der Waals surface area contributed by atoms with Gasteiger partial charge < -0.3 is 9.64 Å². The van der Waals surface area contributed by atoms with Crippen LogP contribution in [0.4, 0.5) is 0 Å². The predicted molar refractivity (Wildman–Crippen MR) is 113 cm³/mol. The summed E-state index contributed by atoms with van der Waals surface area (Å²) in [6, 6.07) is 5.81. The maximum Gasteiger partial charge on any atom is 0.227 e. The van der Waals surface area contributed by atoms with E-state index in [1.165, 1.54) is 11.3 Å². The minimum absolute atomic E-state index is 0.0819. The average Bonchev–Trinajstić information content (AvgIpc) is 2.98. The number of fused-ring (bicyclic) bond motifs is 1. The van der Waals surface area contributed by atoms with Crippen LogP contribution in [-0.2, 0) is 11.2 Å². The molecule has 5 heteroatoms. The van der Waals surface area contributed by atoms with Crippen LogP contribution in [0.2, 0.25) is 0 Å². The molecule has 0 saturated carbocycles. The summed E-state index contributed by atoms with van der Waals surface area (Å²) >= 11 is 1.48. The van der Waals surface area contributed by atoms with Crippen LogP contribution in [0.15, 0.2) is 18.2 Å². The fourth-order valence-corrected chi connectivity index (χ4v) is 4.32. The second-order valence-electron chi connectivity index (χ2n) is 7.62. The number of carbonyl (C=O) groups is 2. The van der Waals surface area contributed by atoms with Crippen molar-refractivity contribution in [3.8, 4) is 5.75 Å². The van der Waals surface area contributed by atoms with E-state index in [0.717, 1.165) is 34.4 Å². The van der Waals surface area contributed by atoms with Crippen molar-refractivity contribution < 1.29 is 14.3 Å². The fraction of sp³-hybridized carbons (Fsp3) is 0.545. The Labute approximate surface area is 166 Å². The Morgan fingerprint density at radius 2 is 1.89 bits per heavy atom. The predicted octanol–water partition coefficient (Wildman–Crippen LogP) is 5.19. The zero-order chi connectivity index (χ0) is 20.1. The third-order valence-electron chi connectivity index (χ3n) is 4.78. The SMILES string of the molecule is CCN(CCC(C)C)C(=O)Cc1c(C(=O)C(C)C)sc2ccc(OC)cc12. The first-order chi connectivity index (χ1) is 12.8. The Bertz CT molecular complexity index is 807. The molecule has 1 amide bonds. The van der Waals surface area contributed by atoms with Crippen LogP contribution in [0.3, 0.4) is 0 Å². The van der Waals surface area contributed by atoms with Gasteiger partial charge in [0.25, 0.3) is 0 Å². The fourth-order valence-electron chi connectivity index (χ4n) is 3.03. The highest BCUT2D eigenvalue weighted by molar-refractivity contribution is 7.21. The van der Waals surface area contributed by atoms with Crippen LogP contribution < -0.4 is 4.74 Å². The van der Waals surface area contributed by atoms with Gasteiger partial charge in [-0.05, 0) is 43.0 Å². The van der Waals surface area contributed by atoms with Gasteiger partial charge in [0, 0.05) is 29.1 Å². The molecule has 0 aliphatic heterocycles. The highest BCUT2D eigenvalue weighted by atomic mass is 32.1. The number of ketones is 1. The molecule has 2 aromatic rings. The van der Waals surface area contributed by atoms with E-state index in [0.29, 0.717) is 17.3 Å². The van der Waals surface area contributed by atoms with Crippen LogP contribution in [0.5, 0.6) is 5.75 Å². The molecule has 1 heterocycles. The lowest BCUT2D eigenvalue weighted by atomic mass is 9.99. The number of thiophene rings is 1. The molecular weight excluding hydrogens is 358 g/mol. The summed E-state index contributed by atoms with van der Waals surface area (Å²) in [6.07, 6.45) is 1.24. The van der Waals surface area contributed by atoms with Gasteiger partial charge in [-0.2, -0.15) is 0 Å². The molecule has 0 bridgehead atoms. The van der Waals surface area contributed by atoms with Crippen LogP contribution in [0, 0.1) is 11.8 Å². The summed E-state index contributed by atoms with van der Waals surface area (Å²) in [5.41, 5.74) is 0.848. The number of likely N-dealkylation sites (N-methyl/N-ethyl adjacent to an activating group) is 1. The van der Waals surface area contributed by atoms with E-state index in [-0.39, 0.29) is 24.0 Å². The lowest BCUT2D eigenvalue weighted by Crippen LogP contribution is -2.33. The van der Waals surface area contributed by atoms with Crippen molar-refractivity contribution >= 4 is 33.1 Å². The Morgan fingerprint density at radius 3 is 2.44 bits per heavy atom. The first-order valence-corrected chi connectivity index (χ1v) is 10.5. The molecule has 1 aromatic heterocycles. The summed E-state index contributed by atoms with van der Waals surface area (Å²) in [6.45, 7) is 11.6. The Morgan fingerprint density at radius 1 is 1.19 bits per heavy atom. The molecule has 0 spiro atoms. The van der Waals surface area contributed by atoms with E-state index < -0.39 is 0 Å². The number of ether oxygens (including phenoxy) is 1. The van der Waals surface area contributed by atoms with Gasteiger partial charge in [-0.3, -0.25) is 9.59 Å². The largest absolute Gasteiger partial charge is 0.497 e. The number of hydrogen-bond acceptors (Lipinski definition) is 4. The maximum absolute atomic E-state index is 13.0. The molecule has 148 valence electrons. The molecule has 0 fully saturated rings. The van der Waals surface area contributed by atoms with E-state index in [2.05, 4.69) is 13.8 Å². The molecule has 4 nitrogen and oxygen atoms in total. The number of carbonyl (C=O) groups excluding carboxylic acids is 2. The second-order valence-corrected chi connectivity index (χ2v) is 8.68. The summed E-state index contributed by atoms with van der Waals surface area (Å²) in [5.74, 6) is 1.37. The van der Waals surface area contributed by atoms with E-state index in [9.17, 15) is 9.59 Å². The monoisotopic (exact) mass is 389 g/mol. The Hall–Kier alpha value is -1.88. The molecule has 27 heavy (non-hydrogen) atoms. The van der Waals surface area contributed by atoms with Crippen molar-refractivity contribution in [2.45, 2.75) is 47.5 Å². The highest BCUT2D eigenvalue weighted by Gasteiger charge is 2.24. The second kappa shape index (κ2) is 9.36. The molecule has 1 aromatic carbocycles. The van der Waals surface area contributed by atoms with Crippen molar-refractivity contribution in [2.75, 3.05) is 20.2 Å². The standard InChI is InChI=1S/C22H31NO3S/c1-7-23(11-10-14(2)3)20(24)13-18-17-12-16(26-6)8-9-19(17)27-22(18)21(25)15(4)5/h8-9,12,14-15H,7,10-11,13H2,1-6H3. The summed E-state index contributed by atoms with van der Waals surface area (Å²) in [7, 11) is 1.63. The van der Waals surface area contributed by atoms with Gasteiger partial charge >= 0.3 is 0 Å². The van der Waals surface area contributed by atoms with Gasteiger partial charge in [0.2, 0.25) is 5.91 Å². The molecular formula is C22H31NO3S. The van der Waals surface area contributed by atoms with Crippen molar-refractivity contribution in [1.29, 1.82) is 0 Å². The number of nitrogens with zero attached hydrogens (tertiary/aromatic N) is 1. The van der Waals surface area contributed by atoms with Gasteiger partial charge in [-0.15, -0.1) is 11.3 Å². The van der Waals surface area contributed by atoms with Gasteiger partial charge in [-0.1, -0.05) is 27.7 Å². The van der Waals surface area contributed by atoms with E-state index in [1.807, 2.05) is 43.9 Å². The van der Waals surface area contributed by atoms with Crippen LogP contribution in [-0.4, -0.2) is 36.8 Å². The number of methoxy groups -OCH3 is 1. The van der Waals surface area contributed by atoms with Crippen molar-refractivity contribution in [3.63, 3.8) is 0 Å². The summed E-state index contributed by atoms with van der Waals surface area (Å²) in [4.78, 5) is 28.4. The van der Waals surface area contributed by atoms with E-state index in [1.54, 1.807) is 7.11 Å².